The molecule has 138 valence electrons. The summed E-state index contributed by atoms with van der Waals surface area (Å²) in [5.74, 6) is 0. The quantitative estimate of drug-likeness (QED) is 0.790. The van der Waals surface area contributed by atoms with Crippen LogP contribution in [0.1, 0.15) is 44.0 Å². The highest BCUT2D eigenvalue weighted by Gasteiger charge is 2.37. The molecular formula is C19H30N2O3Si. The predicted molar refractivity (Wildman–Crippen MR) is 103 cm³/mol. The molecule has 1 N–H and O–H groups in total. The summed E-state index contributed by atoms with van der Waals surface area (Å²) < 4.78 is 6.28. The maximum Gasteiger partial charge on any atom is 0.407 e. The van der Waals surface area contributed by atoms with Gasteiger partial charge in [0.15, 0.2) is 8.32 Å². The van der Waals surface area contributed by atoms with Gasteiger partial charge >= 0.3 is 6.09 Å². The second-order valence-corrected chi connectivity index (χ2v) is 13.1. The minimum Gasteiger partial charge on any atom is -0.465 e. The van der Waals surface area contributed by atoms with Crippen molar-refractivity contribution in [1.29, 1.82) is 0 Å². The van der Waals surface area contributed by atoms with Crippen LogP contribution >= 0.6 is 0 Å². The maximum absolute atomic E-state index is 11.0. The molecular weight excluding hydrogens is 332 g/mol. The van der Waals surface area contributed by atoms with Gasteiger partial charge in [-0.15, -0.1) is 0 Å². The molecule has 6 heteroatoms. The normalized spacial score (nSPS) is 15.9. The van der Waals surface area contributed by atoms with Gasteiger partial charge in [-0.3, -0.25) is 4.98 Å². The summed E-state index contributed by atoms with van der Waals surface area (Å²) in [5, 5.41) is 9.22. The standard InChI is InChI=1S/C19H30N2O3Si/c1-14-11-16(15-7-9-21(10-8-15)18(22)23)12-20-17(14)13-24-25(5,6)19(2,3)4/h7,11-12H,8-10,13H2,1-6H3,(H,22,23). The Morgan fingerprint density at radius 2 is 2.08 bits per heavy atom. The lowest BCUT2D eigenvalue weighted by molar-refractivity contribution is 0.150. The average molecular weight is 363 g/mol. The molecule has 0 radical (unpaired) electrons. The number of hydrogen-bond acceptors (Lipinski definition) is 3. The van der Waals surface area contributed by atoms with Crippen LogP contribution in [0.3, 0.4) is 0 Å². The molecule has 1 aliphatic heterocycles. The zero-order valence-electron chi connectivity index (χ0n) is 16.2. The van der Waals surface area contributed by atoms with Crippen molar-refractivity contribution in [3.05, 3.63) is 35.2 Å². The first-order chi connectivity index (χ1) is 11.5. The Morgan fingerprint density at radius 3 is 2.56 bits per heavy atom. The molecule has 0 bridgehead atoms. The molecule has 0 aliphatic carbocycles. The molecule has 2 heterocycles. The zero-order valence-corrected chi connectivity index (χ0v) is 17.2. The van der Waals surface area contributed by atoms with Gasteiger partial charge < -0.3 is 14.4 Å². The molecule has 0 unspecified atom stereocenters. The Hall–Kier alpha value is -1.66. The SMILES string of the molecule is Cc1cc(C2=CCN(C(=O)O)CC2)cnc1CO[Si](C)(C)C(C)(C)C. The third kappa shape index (κ3) is 4.70. The van der Waals surface area contributed by atoms with Crippen molar-refractivity contribution in [3.8, 4) is 0 Å². The molecule has 0 saturated carbocycles. The van der Waals surface area contributed by atoms with Crippen LogP contribution in [0.25, 0.3) is 5.57 Å². The van der Waals surface area contributed by atoms with E-state index in [-0.39, 0.29) is 5.04 Å². The fourth-order valence-corrected chi connectivity index (χ4v) is 3.43. The number of hydrogen-bond donors (Lipinski definition) is 1. The van der Waals surface area contributed by atoms with E-state index >= 15 is 0 Å². The van der Waals surface area contributed by atoms with Crippen molar-refractivity contribution < 1.29 is 14.3 Å². The van der Waals surface area contributed by atoms with Crippen molar-refractivity contribution in [2.24, 2.45) is 0 Å². The Morgan fingerprint density at radius 1 is 1.40 bits per heavy atom. The van der Waals surface area contributed by atoms with Crippen LogP contribution in [-0.4, -0.2) is 42.5 Å². The molecule has 1 aliphatic rings. The van der Waals surface area contributed by atoms with Crippen molar-refractivity contribution >= 4 is 20.0 Å². The van der Waals surface area contributed by atoms with E-state index in [4.69, 9.17) is 9.53 Å². The molecule has 2 rings (SSSR count). The number of aryl methyl sites for hydroxylation is 1. The van der Waals surface area contributed by atoms with E-state index in [0.717, 1.165) is 23.2 Å². The Kier molecular flexibility index (Phi) is 5.74. The van der Waals surface area contributed by atoms with Gasteiger partial charge in [0.25, 0.3) is 0 Å². The number of aromatic nitrogens is 1. The highest BCUT2D eigenvalue weighted by molar-refractivity contribution is 6.74. The number of nitrogens with zero attached hydrogens (tertiary/aromatic N) is 2. The van der Waals surface area contributed by atoms with E-state index < -0.39 is 14.4 Å². The van der Waals surface area contributed by atoms with Gasteiger partial charge in [0.2, 0.25) is 0 Å². The number of carbonyl (C=O) groups is 1. The molecule has 25 heavy (non-hydrogen) atoms. The second kappa shape index (κ2) is 7.29. The highest BCUT2D eigenvalue weighted by atomic mass is 28.4. The molecule has 0 atom stereocenters. The summed E-state index contributed by atoms with van der Waals surface area (Å²) >= 11 is 0. The van der Waals surface area contributed by atoms with E-state index in [9.17, 15) is 4.79 Å². The molecule has 0 spiro atoms. The lowest BCUT2D eigenvalue weighted by Crippen LogP contribution is -2.40. The van der Waals surface area contributed by atoms with Gasteiger partial charge in [-0.1, -0.05) is 26.8 Å². The Labute approximate surface area is 151 Å². The molecule has 5 nitrogen and oxygen atoms in total. The van der Waals surface area contributed by atoms with E-state index in [0.29, 0.717) is 19.7 Å². The summed E-state index contributed by atoms with van der Waals surface area (Å²) in [4.78, 5) is 17.0. The Bertz CT molecular complexity index is 678. The fourth-order valence-electron chi connectivity index (χ4n) is 2.50. The third-order valence-corrected chi connectivity index (χ3v) is 9.89. The molecule has 1 aromatic rings. The molecule has 1 aromatic heterocycles. The number of pyridine rings is 1. The van der Waals surface area contributed by atoms with Gasteiger partial charge in [0.05, 0.1) is 12.3 Å². The van der Waals surface area contributed by atoms with Crippen LogP contribution in [0, 0.1) is 6.92 Å². The summed E-state index contributed by atoms with van der Waals surface area (Å²) in [5.41, 5.74) is 4.36. The van der Waals surface area contributed by atoms with Crippen LogP contribution in [0.5, 0.6) is 0 Å². The highest BCUT2D eigenvalue weighted by Crippen LogP contribution is 2.37. The largest absolute Gasteiger partial charge is 0.465 e. The molecule has 0 fully saturated rings. The number of rotatable bonds is 4. The maximum atomic E-state index is 11.0. The van der Waals surface area contributed by atoms with Crippen molar-refractivity contribution in [2.75, 3.05) is 13.1 Å². The first-order valence-electron chi connectivity index (χ1n) is 8.78. The average Bonchev–Trinajstić information content (AvgIpc) is 2.52. The predicted octanol–water partition coefficient (Wildman–Crippen LogP) is 4.68. The minimum atomic E-state index is -1.79. The van der Waals surface area contributed by atoms with Gasteiger partial charge in [-0.05, 0) is 54.2 Å². The molecule has 0 aromatic carbocycles. The van der Waals surface area contributed by atoms with Crippen LogP contribution in [0.4, 0.5) is 4.79 Å². The topological polar surface area (TPSA) is 62.7 Å². The first-order valence-corrected chi connectivity index (χ1v) is 11.7. The van der Waals surface area contributed by atoms with Crippen LogP contribution in [-0.2, 0) is 11.0 Å². The van der Waals surface area contributed by atoms with Crippen molar-refractivity contribution in [2.45, 2.75) is 58.9 Å². The van der Waals surface area contributed by atoms with E-state index in [1.807, 2.05) is 12.3 Å². The van der Waals surface area contributed by atoms with Gasteiger partial charge in [-0.25, -0.2) is 4.79 Å². The fraction of sp³-hybridized carbons (Fsp3) is 0.579. The van der Waals surface area contributed by atoms with Crippen molar-refractivity contribution in [3.63, 3.8) is 0 Å². The second-order valence-electron chi connectivity index (χ2n) is 8.24. The minimum absolute atomic E-state index is 0.184. The summed E-state index contributed by atoms with van der Waals surface area (Å²) in [7, 11) is -1.79. The van der Waals surface area contributed by atoms with Gasteiger partial charge in [0.1, 0.15) is 0 Å². The van der Waals surface area contributed by atoms with Crippen molar-refractivity contribution in [1.82, 2.24) is 9.88 Å². The van der Waals surface area contributed by atoms with Crippen LogP contribution in [0.2, 0.25) is 18.1 Å². The van der Waals surface area contributed by atoms with Gasteiger partial charge in [0, 0.05) is 19.3 Å². The van der Waals surface area contributed by atoms with E-state index in [1.54, 1.807) is 0 Å². The molecule has 0 saturated heterocycles. The molecule has 1 amide bonds. The number of amides is 1. The number of carboxylic acid groups (broad SMARTS) is 1. The summed E-state index contributed by atoms with van der Waals surface area (Å²) in [6, 6.07) is 2.14. The van der Waals surface area contributed by atoms with Gasteiger partial charge in [-0.2, -0.15) is 0 Å². The van der Waals surface area contributed by atoms with Crippen LogP contribution in [0.15, 0.2) is 18.3 Å². The Balaban J connectivity index is 2.08. The third-order valence-electron chi connectivity index (χ3n) is 5.41. The van der Waals surface area contributed by atoms with E-state index in [1.165, 1.54) is 10.5 Å². The summed E-state index contributed by atoms with van der Waals surface area (Å²) in [6.07, 6.45) is 3.75. The van der Waals surface area contributed by atoms with E-state index in [2.05, 4.69) is 51.8 Å². The lowest BCUT2D eigenvalue weighted by Gasteiger charge is -2.36. The van der Waals surface area contributed by atoms with Crippen LogP contribution < -0.4 is 0 Å². The lowest BCUT2D eigenvalue weighted by atomic mass is 9.99. The summed E-state index contributed by atoms with van der Waals surface area (Å²) in [6.45, 7) is 14.8. The first kappa shape index (κ1) is 19.7. The smallest absolute Gasteiger partial charge is 0.407 e. The zero-order chi connectivity index (χ0) is 18.8. The monoisotopic (exact) mass is 362 g/mol.